The molecule has 24 heavy (non-hydrogen) atoms. The molecule has 0 spiro atoms. The normalized spacial score (nSPS) is 23.3. The minimum absolute atomic E-state index is 0.118. The fourth-order valence-corrected chi connectivity index (χ4v) is 3.12. The highest BCUT2D eigenvalue weighted by atomic mass is 19.1. The molecule has 124 valence electrons. The Balaban J connectivity index is 1.36. The van der Waals surface area contributed by atoms with Crippen LogP contribution >= 0.6 is 0 Å². The molecule has 3 atom stereocenters. The van der Waals surface area contributed by atoms with Crippen LogP contribution in [0.1, 0.15) is 18.0 Å². The maximum atomic E-state index is 14.5. The van der Waals surface area contributed by atoms with Gasteiger partial charge in [0.1, 0.15) is 24.0 Å². The van der Waals surface area contributed by atoms with E-state index >= 15 is 0 Å². The Bertz CT molecular complexity index is 793. The molecule has 1 aromatic rings. The summed E-state index contributed by atoms with van der Waals surface area (Å²) in [6, 6.07) is 9.56. The van der Waals surface area contributed by atoms with Gasteiger partial charge in [0.05, 0.1) is 25.6 Å². The lowest BCUT2D eigenvalue weighted by atomic mass is 9.78. The zero-order valence-corrected chi connectivity index (χ0v) is 13.0. The van der Waals surface area contributed by atoms with Crippen LogP contribution in [0, 0.1) is 5.92 Å². The Hall–Kier alpha value is -2.54. The lowest BCUT2D eigenvalue weighted by Crippen LogP contribution is -2.43. The average Bonchev–Trinajstić information content (AvgIpc) is 3.09. The van der Waals surface area contributed by atoms with Gasteiger partial charge in [-0.3, -0.25) is 0 Å². The second kappa shape index (κ2) is 6.16. The number of hydrogen-bond donors (Lipinski definition) is 1. The SMILES string of the molecule is Nc1c2ncnc-2ncn1C1CC(COCc2ccccc2)C1F. The molecule has 6 nitrogen and oxygen atoms in total. The minimum atomic E-state index is -1.00. The first-order chi connectivity index (χ1) is 11.7. The lowest BCUT2D eigenvalue weighted by Gasteiger charge is -2.41. The summed E-state index contributed by atoms with van der Waals surface area (Å²) in [4.78, 5) is 12.3. The summed E-state index contributed by atoms with van der Waals surface area (Å²) >= 11 is 0. The lowest BCUT2D eigenvalue weighted by molar-refractivity contribution is -0.0298. The maximum absolute atomic E-state index is 14.5. The van der Waals surface area contributed by atoms with Crippen molar-refractivity contribution in [2.45, 2.75) is 25.2 Å². The van der Waals surface area contributed by atoms with Gasteiger partial charge < -0.3 is 15.0 Å². The van der Waals surface area contributed by atoms with Gasteiger partial charge in [-0.2, -0.15) is 0 Å². The van der Waals surface area contributed by atoms with Crippen molar-refractivity contribution in [2.75, 3.05) is 12.3 Å². The predicted octanol–water partition coefficient (Wildman–Crippen LogP) is 2.48. The van der Waals surface area contributed by atoms with Crippen molar-refractivity contribution < 1.29 is 9.13 Å². The van der Waals surface area contributed by atoms with Gasteiger partial charge >= 0.3 is 0 Å². The summed E-state index contributed by atoms with van der Waals surface area (Å²) in [5.74, 6) is 0.780. The van der Waals surface area contributed by atoms with Crippen LogP contribution in [0.3, 0.4) is 0 Å². The maximum Gasteiger partial charge on any atom is 0.184 e. The van der Waals surface area contributed by atoms with E-state index in [1.807, 2.05) is 30.3 Å². The number of alkyl halides is 1. The zero-order valence-electron chi connectivity index (χ0n) is 13.0. The molecule has 3 aliphatic rings. The Morgan fingerprint density at radius 3 is 2.83 bits per heavy atom. The van der Waals surface area contributed by atoms with Crippen LogP contribution in [-0.2, 0) is 11.3 Å². The quantitative estimate of drug-likeness (QED) is 0.779. The van der Waals surface area contributed by atoms with E-state index in [2.05, 4.69) is 15.0 Å². The molecule has 2 N–H and O–H groups in total. The van der Waals surface area contributed by atoms with Crippen LogP contribution in [0.2, 0.25) is 0 Å². The fourth-order valence-electron chi connectivity index (χ4n) is 3.12. The van der Waals surface area contributed by atoms with Crippen LogP contribution < -0.4 is 5.73 Å². The summed E-state index contributed by atoms with van der Waals surface area (Å²) in [5.41, 5.74) is 7.69. The van der Waals surface area contributed by atoms with Crippen molar-refractivity contribution in [3.8, 4) is 11.5 Å². The van der Waals surface area contributed by atoms with Crippen molar-refractivity contribution in [3.63, 3.8) is 0 Å². The first kappa shape index (κ1) is 15.0. The van der Waals surface area contributed by atoms with Crippen molar-refractivity contribution in [2.24, 2.45) is 5.92 Å². The molecule has 1 fully saturated rings. The third-order valence-electron chi connectivity index (χ3n) is 4.57. The topological polar surface area (TPSA) is 78.9 Å². The fraction of sp³-hybridized carbons (Fsp3) is 0.353. The van der Waals surface area contributed by atoms with Gasteiger partial charge in [-0.1, -0.05) is 30.3 Å². The third kappa shape index (κ3) is 2.60. The molecule has 1 saturated carbocycles. The Morgan fingerprint density at radius 1 is 1.21 bits per heavy atom. The van der Waals surface area contributed by atoms with Gasteiger partial charge in [0, 0.05) is 5.92 Å². The zero-order chi connectivity index (χ0) is 16.5. The molecule has 1 aliphatic carbocycles. The molecule has 3 unspecified atom stereocenters. The molecule has 0 radical (unpaired) electrons. The Labute approximate surface area is 138 Å². The van der Waals surface area contributed by atoms with E-state index in [-0.39, 0.29) is 12.0 Å². The predicted molar refractivity (Wildman–Crippen MR) is 87.0 cm³/mol. The summed E-state index contributed by atoms with van der Waals surface area (Å²) in [6.07, 6.45) is 2.62. The Kier molecular flexibility index (Phi) is 3.86. The van der Waals surface area contributed by atoms with E-state index in [0.717, 1.165) is 5.56 Å². The van der Waals surface area contributed by atoms with Crippen LogP contribution in [-0.4, -0.2) is 32.3 Å². The number of ether oxygens (including phenoxy) is 1. The molecular formula is C17H18FN5O. The highest BCUT2D eigenvalue weighted by Gasteiger charge is 2.43. The first-order valence-electron chi connectivity index (χ1n) is 7.93. The second-order valence-electron chi connectivity index (χ2n) is 6.09. The second-order valence-corrected chi connectivity index (χ2v) is 6.09. The number of rotatable bonds is 5. The molecule has 0 bridgehead atoms. The van der Waals surface area contributed by atoms with Crippen molar-refractivity contribution in [1.82, 2.24) is 19.5 Å². The number of nitrogen functional groups attached to an aromatic ring is 1. The van der Waals surface area contributed by atoms with E-state index in [9.17, 15) is 4.39 Å². The first-order valence-corrected chi connectivity index (χ1v) is 7.93. The summed E-state index contributed by atoms with van der Waals surface area (Å²) in [5, 5.41) is 0. The van der Waals surface area contributed by atoms with E-state index < -0.39 is 6.17 Å². The van der Waals surface area contributed by atoms with Crippen LogP contribution in [0.4, 0.5) is 10.2 Å². The van der Waals surface area contributed by atoms with Crippen LogP contribution in [0.25, 0.3) is 11.5 Å². The van der Waals surface area contributed by atoms with E-state index in [1.165, 1.54) is 6.33 Å². The summed E-state index contributed by atoms with van der Waals surface area (Å²) in [6.45, 7) is 0.902. The van der Waals surface area contributed by atoms with Crippen LogP contribution in [0.5, 0.6) is 0 Å². The van der Waals surface area contributed by atoms with E-state index in [4.69, 9.17) is 10.5 Å². The molecule has 2 aliphatic heterocycles. The van der Waals surface area contributed by atoms with Gasteiger partial charge in [0.2, 0.25) is 0 Å². The highest BCUT2D eigenvalue weighted by Crippen LogP contribution is 2.43. The number of aromatic nitrogens is 4. The standard InChI is InChI=1S/C17H18FN5O/c18-14-12(8-24-7-11-4-2-1-3-5-11)6-13(14)23-10-22-17-15(16(23)19)20-9-21-17/h1-5,9-10,12-14H,6-8,19H2. The highest BCUT2D eigenvalue weighted by molar-refractivity contribution is 5.64. The molecule has 2 heterocycles. The van der Waals surface area contributed by atoms with Gasteiger partial charge in [0.25, 0.3) is 0 Å². The molecule has 1 aromatic carbocycles. The van der Waals surface area contributed by atoms with Gasteiger partial charge in [-0.05, 0) is 12.0 Å². The number of imidazole rings is 1. The monoisotopic (exact) mass is 327 g/mol. The minimum Gasteiger partial charge on any atom is -0.383 e. The van der Waals surface area contributed by atoms with Gasteiger partial charge in [-0.25, -0.2) is 19.3 Å². The van der Waals surface area contributed by atoms with Crippen molar-refractivity contribution >= 4 is 5.82 Å². The van der Waals surface area contributed by atoms with Crippen molar-refractivity contribution in [1.29, 1.82) is 0 Å². The van der Waals surface area contributed by atoms with Crippen molar-refractivity contribution in [3.05, 3.63) is 48.5 Å². The molecular weight excluding hydrogens is 309 g/mol. The van der Waals surface area contributed by atoms with E-state index in [1.54, 1.807) is 10.9 Å². The number of benzene rings is 1. The summed E-state index contributed by atoms with van der Waals surface area (Å²) in [7, 11) is 0. The number of hydrogen-bond acceptors (Lipinski definition) is 5. The van der Waals surface area contributed by atoms with E-state index in [0.29, 0.717) is 37.0 Å². The molecule has 4 rings (SSSR count). The number of nitrogens with two attached hydrogens (primary N) is 1. The average molecular weight is 327 g/mol. The number of nitrogens with zero attached hydrogens (tertiary/aromatic N) is 4. The molecule has 7 heteroatoms. The summed E-state index contributed by atoms with van der Waals surface area (Å²) < 4.78 is 21.9. The van der Waals surface area contributed by atoms with Gasteiger partial charge in [0.15, 0.2) is 5.82 Å². The number of fused-ring (bicyclic) bond motifs is 1. The smallest absolute Gasteiger partial charge is 0.184 e. The third-order valence-corrected chi connectivity index (χ3v) is 4.57. The molecule has 0 saturated heterocycles. The number of anilines is 1. The Morgan fingerprint density at radius 2 is 2.04 bits per heavy atom. The van der Waals surface area contributed by atoms with Crippen LogP contribution in [0.15, 0.2) is 43.0 Å². The molecule has 0 amide bonds. The number of halogens is 1. The molecule has 0 aromatic heterocycles. The van der Waals surface area contributed by atoms with Gasteiger partial charge in [-0.15, -0.1) is 0 Å². The largest absolute Gasteiger partial charge is 0.383 e.